The summed E-state index contributed by atoms with van der Waals surface area (Å²) >= 11 is 0. The van der Waals surface area contributed by atoms with E-state index in [0.29, 0.717) is 5.57 Å². The van der Waals surface area contributed by atoms with E-state index < -0.39 is 9.05 Å². The zero-order valence-corrected chi connectivity index (χ0v) is 8.61. The maximum atomic E-state index is 10.9. The van der Waals surface area contributed by atoms with Gasteiger partial charge in [-0.15, -0.1) is 0 Å². The average Bonchev–Trinajstić information content (AvgIpc) is 1.96. The number of halogens is 1. The van der Waals surface area contributed by atoms with Crippen LogP contribution in [0.1, 0.15) is 13.8 Å². The molecule has 0 rings (SSSR count). The third-order valence-corrected chi connectivity index (χ3v) is 2.84. The molecule has 0 heterocycles. The van der Waals surface area contributed by atoms with Crippen LogP contribution >= 0.6 is 10.7 Å². The first-order valence-electron chi connectivity index (χ1n) is 3.34. The summed E-state index contributed by atoms with van der Waals surface area (Å²) in [4.78, 5) is 0.0988. The summed E-state index contributed by atoms with van der Waals surface area (Å²) in [5.41, 5.74) is 0.616. The first-order chi connectivity index (χ1) is 5.43. The fourth-order valence-corrected chi connectivity index (χ4v) is 1.93. The summed E-state index contributed by atoms with van der Waals surface area (Å²) in [6, 6.07) is 0. The zero-order valence-electron chi connectivity index (χ0n) is 7.04. The summed E-state index contributed by atoms with van der Waals surface area (Å²) in [6.07, 6.45) is 4.44. The maximum Gasteiger partial charge on any atom is 0.261 e. The number of rotatable bonds is 3. The maximum absolute atomic E-state index is 10.9. The average molecular weight is 207 g/mol. The molecule has 0 bridgehead atoms. The largest absolute Gasteiger partial charge is 0.261 e. The minimum Gasteiger partial charge on any atom is -0.207 e. The molecule has 0 amide bonds. The van der Waals surface area contributed by atoms with Gasteiger partial charge < -0.3 is 0 Å². The van der Waals surface area contributed by atoms with E-state index in [9.17, 15) is 8.42 Å². The van der Waals surface area contributed by atoms with Gasteiger partial charge in [0, 0.05) is 10.7 Å². The highest BCUT2D eigenvalue weighted by atomic mass is 35.7. The van der Waals surface area contributed by atoms with Gasteiger partial charge >= 0.3 is 0 Å². The van der Waals surface area contributed by atoms with Crippen molar-refractivity contribution < 1.29 is 8.42 Å². The molecule has 12 heavy (non-hydrogen) atoms. The number of hydrogen-bond donors (Lipinski definition) is 0. The molecule has 0 N–H and O–H groups in total. The van der Waals surface area contributed by atoms with Crippen LogP contribution in [0.3, 0.4) is 0 Å². The smallest absolute Gasteiger partial charge is 0.207 e. The third kappa shape index (κ3) is 3.24. The molecule has 68 valence electrons. The predicted octanol–water partition coefficient (Wildman–Crippen LogP) is 2.59. The van der Waals surface area contributed by atoms with E-state index in [1.807, 2.05) is 0 Å². The van der Waals surface area contributed by atoms with E-state index in [4.69, 9.17) is 10.7 Å². The van der Waals surface area contributed by atoms with Crippen LogP contribution in [0.15, 0.2) is 35.3 Å². The lowest BCUT2D eigenvalue weighted by Gasteiger charge is -2.00. The second kappa shape index (κ2) is 4.48. The quantitative estimate of drug-likeness (QED) is 0.526. The molecular formula is C8H11ClO2S. The lowest BCUT2D eigenvalue weighted by molar-refractivity contribution is 0.615. The van der Waals surface area contributed by atoms with Gasteiger partial charge in [-0.05, 0) is 25.5 Å². The summed E-state index contributed by atoms with van der Waals surface area (Å²) in [6.45, 7) is 6.82. The Kier molecular flexibility index (Phi) is 4.28. The van der Waals surface area contributed by atoms with Crippen molar-refractivity contribution in [3.8, 4) is 0 Å². The van der Waals surface area contributed by atoms with Gasteiger partial charge in [0.2, 0.25) is 0 Å². The standard InChI is InChI=1S/C8H11ClO2S/c1-4-6-8(7(3)5-2)12(9,10)11/h4-6H,1H2,2-3H3/b7-5-,8-6+. The number of allylic oxidation sites excluding steroid dienone is 4. The zero-order chi connectivity index (χ0) is 9.78. The van der Waals surface area contributed by atoms with Crippen molar-refractivity contribution in [2.75, 3.05) is 0 Å². The van der Waals surface area contributed by atoms with Crippen LogP contribution in [-0.2, 0) is 9.05 Å². The molecule has 0 saturated heterocycles. The fourth-order valence-electron chi connectivity index (χ4n) is 0.654. The van der Waals surface area contributed by atoms with Gasteiger partial charge in [-0.25, -0.2) is 8.42 Å². The highest BCUT2D eigenvalue weighted by Crippen LogP contribution is 2.20. The monoisotopic (exact) mass is 206 g/mol. The minimum atomic E-state index is -3.64. The van der Waals surface area contributed by atoms with Gasteiger partial charge in [-0.1, -0.05) is 18.7 Å². The van der Waals surface area contributed by atoms with E-state index in [2.05, 4.69) is 6.58 Å². The van der Waals surface area contributed by atoms with Crippen LogP contribution in [0.2, 0.25) is 0 Å². The number of hydrogen-bond acceptors (Lipinski definition) is 2. The Morgan fingerprint density at radius 1 is 1.50 bits per heavy atom. The molecule has 0 spiro atoms. The van der Waals surface area contributed by atoms with Crippen LogP contribution in [0.25, 0.3) is 0 Å². The Morgan fingerprint density at radius 3 is 2.25 bits per heavy atom. The Hall–Kier alpha value is -0.540. The van der Waals surface area contributed by atoms with E-state index in [0.717, 1.165) is 0 Å². The first-order valence-corrected chi connectivity index (χ1v) is 5.65. The van der Waals surface area contributed by atoms with Crippen molar-refractivity contribution in [3.05, 3.63) is 35.3 Å². The Bertz CT molecular complexity index is 323. The topological polar surface area (TPSA) is 34.1 Å². The highest BCUT2D eigenvalue weighted by molar-refractivity contribution is 8.17. The predicted molar refractivity (Wildman–Crippen MR) is 52.5 cm³/mol. The summed E-state index contributed by atoms with van der Waals surface area (Å²) < 4.78 is 21.9. The molecule has 0 aliphatic rings. The molecule has 0 saturated carbocycles. The first kappa shape index (κ1) is 11.5. The Balaban J connectivity index is 5.24. The summed E-state index contributed by atoms with van der Waals surface area (Å²) in [5, 5.41) is 0. The van der Waals surface area contributed by atoms with Crippen molar-refractivity contribution in [1.82, 2.24) is 0 Å². The fraction of sp³-hybridized carbons (Fsp3) is 0.250. The Morgan fingerprint density at radius 2 is 2.00 bits per heavy atom. The SMILES string of the molecule is C=C/C=C(\C(C)=C/C)S(=O)(=O)Cl. The summed E-state index contributed by atoms with van der Waals surface area (Å²) in [7, 11) is 1.52. The molecule has 0 atom stereocenters. The van der Waals surface area contributed by atoms with E-state index >= 15 is 0 Å². The lowest BCUT2D eigenvalue weighted by atomic mass is 10.2. The molecule has 0 unspecified atom stereocenters. The highest BCUT2D eigenvalue weighted by Gasteiger charge is 2.13. The van der Waals surface area contributed by atoms with E-state index in [1.54, 1.807) is 19.9 Å². The normalized spacial score (nSPS) is 14.6. The molecular weight excluding hydrogens is 196 g/mol. The van der Waals surface area contributed by atoms with Crippen LogP contribution < -0.4 is 0 Å². The van der Waals surface area contributed by atoms with Crippen molar-refractivity contribution >= 4 is 19.7 Å². The molecule has 0 aliphatic carbocycles. The minimum absolute atomic E-state index is 0.0988. The molecule has 4 heteroatoms. The molecule has 0 aromatic carbocycles. The molecule has 0 aromatic heterocycles. The lowest BCUT2D eigenvalue weighted by Crippen LogP contribution is -1.95. The van der Waals surface area contributed by atoms with Crippen LogP contribution in [0.4, 0.5) is 0 Å². The molecule has 2 nitrogen and oxygen atoms in total. The molecule has 0 fully saturated rings. The molecule has 0 aromatic rings. The van der Waals surface area contributed by atoms with Crippen LogP contribution in [0.5, 0.6) is 0 Å². The van der Waals surface area contributed by atoms with Crippen molar-refractivity contribution in [3.63, 3.8) is 0 Å². The van der Waals surface area contributed by atoms with E-state index in [1.165, 1.54) is 12.2 Å². The van der Waals surface area contributed by atoms with Crippen molar-refractivity contribution in [2.45, 2.75) is 13.8 Å². The third-order valence-electron chi connectivity index (χ3n) is 1.35. The molecule has 0 aliphatic heterocycles. The van der Waals surface area contributed by atoms with Crippen molar-refractivity contribution in [1.29, 1.82) is 0 Å². The van der Waals surface area contributed by atoms with E-state index in [-0.39, 0.29) is 4.91 Å². The van der Waals surface area contributed by atoms with Gasteiger partial charge in [0.05, 0.1) is 4.91 Å². The van der Waals surface area contributed by atoms with Crippen LogP contribution in [-0.4, -0.2) is 8.42 Å². The second-order valence-electron chi connectivity index (χ2n) is 2.18. The van der Waals surface area contributed by atoms with Gasteiger partial charge in [0.25, 0.3) is 9.05 Å². The van der Waals surface area contributed by atoms with Crippen LogP contribution in [0, 0.1) is 0 Å². The van der Waals surface area contributed by atoms with Gasteiger partial charge in [0.15, 0.2) is 0 Å². The van der Waals surface area contributed by atoms with Gasteiger partial charge in [-0.2, -0.15) is 0 Å². The van der Waals surface area contributed by atoms with Gasteiger partial charge in [-0.3, -0.25) is 0 Å². The second-order valence-corrected chi connectivity index (χ2v) is 4.71. The van der Waals surface area contributed by atoms with Crippen molar-refractivity contribution in [2.24, 2.45) is 0 Å². The summed E-state index contributed by atoms with van der Waals surface area (Å²) in [5.74, 6) is 0. The van der Waals surface area contributed by atoms with Gasteiger partial charge in [0.1, 0.15) is 0 Å². The molecule has 0 radical (unpaired) electrons. The Labute approximate surface area is 77.7 Å².